The summed E-state index contributed by atoms with van der Waals surface area (Å²) in [4.78, 5) is 0. The molecule has 0 saturated heterocycles. The van der Waals surface area contributed by atoms with Crippen molar-refractivity contribution in [3.05, 3.63) is 23.5 Å². The van der Waals surface area contributed by atoms with E-state index >= 15 is 0 Å². The van der Waals surface area contributed by atoms with Crippen LogP contribution < -0.4 is 5.73 Å². The molecule has 0 amide bonds. The van der Waals surface area contributed by atoms with E-state index in [4.69, 9.17) is 15.2 Å². The average Bonchev–Trinajstić information content (AvgIpc) is 2.91. The Hall–Kier alpha value is -2.06. The Morgan fingerprint density at radius 3 is 2.86 bits per heavy atom. The van der Waals surface area contributed by atoms with Crippen molar-refractivity contribution in [2.24, 2.45) is 0 Å². The van der Waals surface area contributed by atoms with E-state index in [1.165, 1.54) is 10.7 Å². The molecule has 0 spiro atoms. The number of hydrogen-bond acceptors (Lipinski definition) is 6. The Morgan fingerprint density at radius 1 is 1.29 bits per heavy atom. The van der Waals surface area contributed by atoms with Gasteiger partial charge in [0.1, 0.15) is 5.82 Å². The minimum atomic E-state index is -0.374. The van der Waals surface area contributed by atoms with Gasteiger partial charge in [0, 0.05) is 12.8 Å². The Labute approximate surface area is 121 Å². The van der Waals surface area contributed by atoms with Gasteiger partial charge in [0.05, 0.1) is 31.9 Å². The van der Waals surface area contributed by atoms with Gasteiger partial charge in [0.2, 0.25) is 0 Å². The number of nitrogens with two attached hydrogens (primary N) is 1. The van der Waals surface area contributed by atoms with Crippen molar-refractivity contribution in [1.29, 1.82) is 0 Å². The Kier molecular flexibility index (Phi) is 5.18. The molecule has 2 aromatic rings. The molecule has 21 heavy (non-hydrogen) atoms. The number of rotatable bonds is 7. The van der Waals surface area contributed by atoms with Gasteiger partial charge >= 0.3 is 0 Å². The number of ether oxygens (including phenoxy) is 2. The van der Waals surface area contributed by atoms with Crippen LogP contribution in [0.25, 0.3) is 11.4 Å². The van der Waals surface area contributed by atoms with E-state index in [0.29, 0.717) is 43.4 Å². The summed E-state index contributed by atoms with van der Waals surface area (Å²) < 4.78 is 25.9. The zero-order valence-corrected chi connectivity index (χ0v) is 12.0. The van der Waals surface area contributed by atoms with Crippen molar-refractivity contribution in [3.8, 4) is 11.4 Å². The summed E-state index contributed by atoms with van der Waals surface area (Å²) in [6, 6.07) is 3.09. The Morgan fingerprint density at radius 2 is 2.10 bits per heavy atom. The van der Waals surface area contributed by atoms with E-state index in [1.54, 1.807) is 20.1 Å². The average molecular weight is 295 g/mol. The molecule has 0 bridgehead atoms. The van der Waals surface area contributed by atoms with Crippen LogP contribution in [0.5, 0.6) is 0 Å². The standard InChI is InChI=1S/C13H18FN5O2/c1-9-7-10(15)8-11(12(9)14)13-16-17-18-19(13)3-4-21-6-5-20-2/h7-8H,3-6,15H2,1-2H3. The van der Waals surface area contributed by atoms with Gasteiger partial charge in [-0.05, 0) is 35.0 Å². The van der Waals surface area contributed by atoms with E-state index < -0.39 is 0 Å². The van der Waals surface area contributed by atoms with Gasteiger partial charge in [-0.2, -0.15) is 0 Å². The molecule has 1 aromatic carbocycles. The van der Waals surface area contributed by atoms with Crippen molar-refractivity contribution in [3.63, 3.8) is 0 Å². The van der Waals surface area contributed by atoms with E-state index in [1.807, 2.05) is 0 Å². The summed E-state index contributed by atoms with van der Waals surface area (Å²) in [6.45, 7) is 3.48. The molecule has 7 nitrogen and oxygen atoms in total. The third kappa shape index (κ3) is 3.73. The van der Waals surface area contributed by atoms with Gasteiger partial charge in [-0.3, -0.25) is 0 Å². The smallest absolute Gasteiger partial charge is 0.185 e. The third-order valence-corrected chi connectivity index (χ3v) is 2.93. The predicted molar refractivity (Wildman–Crippen MR) is 75.1 cm³/mol. The first-order valence-corrected chi connectivity index (χ1v) is 6.52. The number of nitrogen functional groups attached to an aromatic ring is 1. The molecule has 0 atom stereocenters. The molecule has 0 radical (unpaired) electrons. The molecule has 1 heterocycles. The fourth-order valence-electron chi connectivity index (χ4n) is 1.90. The van der Waals surface area contributed by atoms with Crippen LogP contribution in [-0.2, 0) is 16.0 Å². The molecular weight excluding hydrogens is 277 g/mol. The fraction of sp³-hybridized carbons (Fsp3) is 0.462. The number of benzene rings is 1. The topological polar surface area (TPSA) is 88.1 Å². The molecule has 114 valence electrons. The van der Waals surface area contributed by atoms with Crippen molar-refractivity contribution in [2.75, 3.05) is 32.7 Å². The molecule has 1 aromatic heterocycles. The van der Waals surface area contributed by atoms with E-state index in [2.05, 4.69) is 15.5 Å². The lowest BCUT2D eigenvalue weighted by atomic mass is 10.1. The third-order valence-electron chi connectivity index (χ3n) is 2.93. The largest absolute Gasteiger partial charge is 0.399 e. The Balaban J connectivity index is 2.13. The van der Waals surface area contributed by atoms with E-state index in [-0.39, 0.29) is 11.4 Å². The van der Waals surface area contributed by atoms with Gasteiger partial charge in [0.25, 0.3) is 0 Å². The maximum absolute atomic E-state index is 14.2. The van der Waals surface area contributed by atoms with Crippen LogP contribution in [0.2, 0.25) is 0 Å². The highest BCUT2D eigenvalue weighted by molar-refractivity contribution is 5.63. The highest BCUT2D eigenvalue weighted by Crippen LogP contribution is 2.25. The number of halogens is 1. The second kappa shape index (κ2) is 7.09. The highest BCUT2D eigenvalue weighted by atomic mass is 19.1. The van der Waals surface area contributed by atoms with Crippen LogP contribution in [0.3, 0.4) is 0 Å². The SMILES string of the molecule is COCCOCCn1nnnc1-c1cc(N)cc(C)c1F. The number of tetrazole rings is 1. The second-order valence-corrected chi connectivity index (χ2v) is 4.53. The van der Waals surface area contributed by atoms with Crippen LogP contribution in [0.4, 0.5) is 10.1 Å². The van der Waals surface area contributed by atoms with E-state index in [0.717, 1.165) is 0 Å². The van der Waals surface area contributed by atoms with Gasteiger partial charge in [-0.25, -0.2) is 9.07 Å². The fourth-order valence-corrected chi connectivity index (χ4v) is 1.90. The molecule has 2 N–H and O–H groups in total. The monoisotopic (exact) mass is 295 g/mol. The first kappa shape index (κ1) is 15.3. The molecule has 0 fully saturated rings. The van der Waals surface area contributed by atoms with Crippen LogP contribution in [0, 0.1) is 12.7 Å². The molecule has 2 rings (SSSR count). The zero-order valence-electron chi connectivity index (χ0n) is 12.0. The number of aromatic nitrogens is 4. The normalized spacial score (nSPS) is 11.0. The van der Waals surface area contributed by atoms with Gasteiger partial charge in [0.15, 0.2) is 5.82 Å². The predicted octanol–water partition coefficient (Wildman–Crippen LogP) is 1.03. The maximum atomic E-state index is 14.2. The quantitative estimate of drug-likeness (QED) is 0.606. The Bertz CT molecular complexity index is 602. The van der Waals surface area contributed by atoms with Gasteiger partial charge in [-0.1, -0.05) is 0 Å². The summed E-state index contributed by atoms with van der Waals surface area (Å²) in [7, 11) is 1.60. The summed E-state index contributed by atoms with van der Waals surface area (Å²) in [6.07, 6.45) is 0. The minimum Gasteiger partial charge on any atom is -0.399 e. The van der Waals surface area contributed by atoms with Crippen LogP contribution in [0.15, 0.2) is 12.1 Å². The van der Waals surface area contributed by atoms with Crippen molar-refractivity contribution in [2.45, 2.75) is 13.5 Å². The molecule has 8 heteroatoms. The van der Waals surface area contributed by atoms with Gasteiger partial charge in [-0.15, -0.1) is 5.10 Å². The van der Waals surface area contributed by atoms with Crippen molar-refractivity contribution >= 4 is 5.69 Å². The number of hydrogen-bond donors (Lipinski definition) is 1. The number of methoxy groups -OCH3 is 1. The zero-order chi connectivity index (χ0) is 15.2. The summed E-state index contributed by atoms with van der Waals surface area (Å²) in [5, 5.41) is 11.3. The molecule has 0 saturated carbocycles. The summed E-state index contributed by atoms with van der Waals surface area (Å²) >= 11 is 0. The van der Waals surface area contributed by atoms with Crippen molar-refractivity contribution < 1.29 is 13.9 Å². The first-order valence-electron chi connectivity index (χ1n) is 6.52. The molecule has 0 unspecified atom stereocenters. The number of aryl methyl sites for hydroxylation is 1. The summed E-state index contributed by atoms with van der Waals surface area (Å²) in [5.74, 6) is -0.0428. The van der Waals surface area contributed by atoms with Crippen LogP contribution in [-0.4, -0.2) is 47.1 Å². The van der Waals surface area contributed by atoms with Crippen LogP contribution >= 0.6 is 0 Å². The number of anilines is 1. The molecule has 0 aliphatic rings. The molecule has 0 aliphatic heterocycles. The van der Waals surface area contributed by atoms with Crippen molar-refractivity contribution in [1.82, 2.24) is 20.2 Å². The van der Waals surface area contributed by atoms with Gasteiger partial charge < -0.3 is 15.2 Å². The second-order valence-electron chi connectivity index (χ2n) is 4.53. The molecule has 0 aliphatic carbocycles. The lowest BCUT2D eigenvalue weighted by molar-refractivity contribution is 0.0654. The maximum Gasteiger partial charge on any atom is 0.185 e. The molecular formula is C13H18FN5O2. The minimum absolute atomic E-state index is 0.286. The number of nitrogens with zero attached hydrogens (tertiary/aromatic N) is 4. The lowest BCUT2D eigenvalue weighted by Gasteiger charge is -2.08. The summed E-state index contributed by atoms with van der Waals surface area (Å²) in [5.41, 5.74) is 6.96. The lowest BCUT2D eigenvalue weighted by Crippen LogP contribution is -2.12. The highest BCUT2D eigenvalue weighted by Gasteiger charge is 2.16. The van der Waals surface area contributed by atoms with Crippen LogP contribution in [0.1, 0.15) is 5.56 Å². The first-order chi connectivity index (χ1) is 10.1. The van der Waals surface area contributed by atoms with E-state index in [9.17, 15) is 4.39 Å².